The molecule has 0 aliphatic heterocycles. The van der Waals surface area contributed by atoms with E-state index in [1.807, 2.05) is 0 Å². The summed E-state index contributed by atoms with van der Waals surface area (Å²) in [6.07, 6.45) is 8.57. The summed E-state index contributed by atoms with van der Waals surface area (Å²) in [4.78, 5) is 20.6. The Morgan fingerprint density at radius 1 is 0.168 bits per heavy atom. The van der Waals surface area contributed by atoms with E-state index < -0.39 is 133 Å². The molecule has 0 aromatic rings. The maximum atomic E-state index is 14.0. The summed E-state index contributed by atoms with van der Waals surface area (Å²) >= 11 is 0. The second-order valence-electron chi connectivity index (χ2n) is 25.2. The van der Waals surface area contributed by atoms with Gasteiger partial charge in [-0.05, 0) is 38.5 Å². The van der Waals surface area contributed by atoms with Gasteiger partial charge in [-0.2, -0.15) is 149 Å². The first-order valence-corrected chi connectivity index (χ1v) is 33.2. The maximum absolute atomic E-state index is 14.0. The van der Waals surface area contributed by atoms with Crippen molar-refractivity contribution in [1.82, 2.24) is 0 Å². The molecule has 0 radical (unpaired) electrons. The van der Waals surface area contributed by atoms with E-state index in [-0.39, 0.29) is 65.8 Å². The van der Waals surface area contributed by atoms with Gasteiger partial charge in [-0.25, -0.2) is 0 Å². The number of carbonyl (C=O) groups is 2. The second-order valence-corrected chi connectivity index (χ2v) is 25.2. The zero-order chi connectivity index (χ0) is 78.3. The first-order chi connectivity index (χ1) is 45.3. The van der Waals surface area contributed by atoms with Crippen molar-refractivity contribution in [3.8, 4) is 0 Å². The van der Waals surface area contributed by atoms with Gasteiger partial charge in [0.2, 0.25) is 0 Å². The summed E-state index contributed by atoms with van der Waals surface area (Å²) in [5, 5.41) is 20.6. The van der Waals surface area contributed by atoms with Crippen molar-refractivity contribution in [3.05, 3.63) is 0 Å². The number of rotatable bonds is 58. The molecule has 101 heavy (non-hydrogen) atoms. The van der Waals surface area contributed by atoms with Gasteiger partial charge in [0.15, 0.2) is 0 Å². The Labute approximate surface area is 584 Å². The first kappa shape index (κ1) is 103. The van der Waals surface area contributed by atoms with Gasteiger partial charge >= 0.3 is 123 Å². The van der Waals surface area contributed by atoms with Crippen LogP contribution in [-0.2, 0) is 36.9 Å². The van der Waals surface area contributed by atoms with Crippen LogP contribution in [-0.4, -0.2) is 107 Å². The van der Waals surface area contributed by atoms with Crippen molar-refractivity contribution in [3.63, 3.8) is 0 Å². The molecule has 39 heteroatoms. The van der Waals surface area contributed by atoms with Gasteiger partial charge in [-0.15, -0.1) is 0 Å². The molecule has 0 saturated heterocycles. The molecule has 0 aliphatic carbocycles. The number of unbranched alkanes of at least 4 members (excludes halogenated alkanes) is 38. The molecule has 0 aromatic carbocycles. The van der Waals surface area contributed by atoms with E-state index in [4.69, 9.17) is 0 Å². The second kappa shape index (κ2) is 44.1. The van der Waals surface area contributed by atoms with Gasteiger partial charge in [-0.3, -0.25) is 0 Å². The number of hydrogen-bond donors (Lipinski definition) is 0. The number of alkyl halides is 34. The predicted octanol–water partition coefficient (Wildman–Crippen LogP) is 24.7. The Morgan fingerprint density at radius 3 is 0.406 bits per heavy atom. The van der Waals surface area contributed by atoms with Crippen LogP contribution in [0.25, 0.3) is 0 Å². The summed E-state index contributed by atoms with van der Waals surface area (Å²) in [5.41, 5.74) is 0. The van der Waals surface area contributed by atoms with Crippen LogP contribution in [0.5, 0.6) is 0 Å². The maximum Gasteiger partial charge on any atom is 2.00 e. The molecule has 600 valence electrons. The molecule has 0 amide bonds. The Kier molecular flexibility index (Phi) is 44.8. The average molecular weight is 1660 g/mol. The third-order valence-corrected chi connectivity index (χ3v) is 16.8. The third-order valence-electron chi connectivity index (χ3n) is 16.8. The van der Waals surface area contributed by atoms with E-state index in [1.165, 1.54) is 0 Å². The minimum atomic E-state index is -8.59. The van der Waals surface area contributed by atoms with E-state index in [2.05, 4.69) is 0 Å². The van der Waals surface area contributed by atoms with Crippen LogP contribution in [0.2, 0.25) is 0 Å². The van der Waals surface area contributed by atoms with Gasteiger partial charge in [0.1, 0.15) is 0 Å². The first-order valence-electron chi connectivity index (χ1n) is 33.2. The van der Waals surface area contributed by atoms with E-state index in [9.17, 15) is 169 Å². The van der Waals surface area contributed by atoms with Crippen LogP contribution in [0.4, 0.5) is 149 Å². The Bertz CT molecular complexity index is 2090. The van der Waals surface area contributed by atoms with Crippen LogP contribution in [0, 0.1) is 0 Å². The Hall–Kier alpha value is -2.52. The van der Waals surface area contributed by atoms with Gasteiger partial charge in [0, 0.05) is 24.8 Å². The van der Waals surface area contributed by atoms with Crippen molar-refractivity contribution < 1.29 is 196 Å². The average Bonchev–Trinajstić information content (AvgIpc) is 0.704. The van der Waals surface area contributed by atoms with Gasteiger partial charge in [0.25, 0.3) is 0 Å². The molecule has 0 heterocycles. The molecule has 0 aliphatic rings. The molecule has 0 rings (SSSR count). The fraction of sp³-hybridized carbons (Fsp3) is 0.968. The monoisotopic (exact) mass is 1660 g/mol. The summed E-state index contributed by atoms with van der Waals surface area (Å²) in [5.74, 6) is -114. The number of carboxylic acids is 2. The molecule has 0 aromatic heterocycles. The molecule has 4 nitrogen and oxygen atoms in total. The van der Waals surface area contributed by atoms with E-state index in [0.29, 0.717) is 38.5 Å². The van der Waals surface area contributed by atoms with Crippen LogP contribution in [0.3, 0.4) is 0 Å². The number of carboxylic acid groups (broad SMARTS) is 2. The summed E-state index contributed by atoms with van der Waals surface area (Å²) in [6.45, 7) is 0. The molecule has 0 fully saturated rings. The van der Waals surface area contributed by atoms with Crippen LogP contribution >= 0.6 is 0 Å². The predicted molar refractivity (Wildman–Crippen MR) is 295 cm³/mol. The van der Waals surface area contributed by atoms with Crippen LogP contribution in [0.15, 0.2) is 0 Å². The van der Waals surface area contributed by atoms with Gasteiger partial charge < -0.3 is 19.8 Å². The van der Waals surface area contributed by atoms with E-state index >= 15 is 0 Å². The van der Waals surface area contributed by atoms with Crippen LogP contribution < -0.4 is 10.2 Å². The molecular weight excluding hydrogens is 1570 g/mol. The minimum absolute atomic E-state index is 0. The summed E-state index contributed by atoms with van der Waals surface area (Å²) < 4.78 is 453. The zero-order valence-electron chi connectivity index (χ0n) is 55.3. The molecule has 0 N–H and O–H groups in total. The van der Waals surface area contributed by atoms with Crippen molar-refractivity contribution in [2.45, 2.75) is 378 Å². The molecular formula is C62H88CdF34O4. The third kappa shape index (κ3) is 28.9. The van der Waals surface area contributed by atoms with Crippen molar-refractivity contribution in [2.75, 3.05) is 0 Å². The largest absolute Gasteiger partial charge is 2.00 e. The summed E-state index contributed by atoms with van der Waals surface area (Å²) in [6, 6.07) is 0. The van der Waals surface area contributed by atoms with Crippen LogP contribution in [0.1, 0.15) is 283 Å². The fourth-order valence-electron chi connectivity index (χ4n) is 10.3. The zero-order valence-corrected chi connectivity index (χ0v) is 59.3. The fourth-order valence-corrected chi connectivity index (χ4v) is 10.3. The molecule has 0 atom stereocenters. The van der Waals surface area contributed by atoms with Crippen molar-refractivity contribution in [2.24, 2.45) is 0 Å². The van der Waals surface area contributed by atoms with Gasteiger partial charge in [0.05, 0.1) is 0 Å². The smallest absolute Gasteiger partial charge is 0.550 e. The Balaban J connectivity index is -0.00000188. The number of carbonyl (C=O) groups excluding carboxylic acids is 2. The molecule has 0 spiro atoms. The minimum Gasteiger partial charge on any atom is -0.550 e. The standard InChI is InChI=1S/2C31H45F17O2.Cd/c2*32-24(33,25(34,35)26(36,37)27(38,39)28(40,41)29(42,43)30(44,45)31(46,47)48)22-20-18-16-14-12-10-8-6-4-2-1-3-5-7-9-11-13-15-17-19-21-23(49)50;/h2*1-22H2,(H,49,50);/q;;+2/p-2. The quantitative estimate of drug-likeness (QED) is 0.0345. The van der Waals surface area contributed by atoms with Crippen molar-refractivity contribution >= 4 is 11.9 Å². The topological polar surface area (TPSA) is 80.3 Å². The summed E-state index contributed by atoms with van der Waals surface area (Å²) in [7, 11) is 0. The van der Waals surface area contributed by atoms with Crippen molar-refractivity contribution in [1.29, 1.82) is 0 Å². The molecule has 0 saturated carbocycles. The number of hydrogen-bond acceptors (Lipinski definition) is 4. The number of aliphatic carboxylic acids is 2. The SMILES string of the molecule is O=C([O-])CCCCCCCCCCCCCCCCCCCCCCC(F)(F)C(F)(F)C(F)(F)C(F)(F)C(F)(F)C(F)(F)C(F)(F)C(F)(F)F.O=C([O-])CCCCCCCCCCCCCCCCCCCCCCC(F)(F)C(F)(F)C(F)(F)C(F)(F)C(F)(F)C(F)(F)C(F)(F)C(F)(F)F.[Cd+2]. The normalized spacial score (nSPS) is 14.3. The van der Waals surface area contributed by atoms with E-state index in [1.54, 1.807) is 0 Å². The Morgan fingerprint density at radius 2 is 0.277 bits per heavy atom. The molecule has 0 unspecified atom stereocenters. The van der Waals surface area contributed by atoms with E-state index in [0.717, 1.165) is 180 Å². The van der Waals surface area contributed by atoms with Gasteiger partial charge in [-0.1, -0.05) is 231 Å². The molecule has 0 bridgehead atoms. The number of halogens is 34.